The van der Waals surface area contributed by atoms with Gasteiger partial charge in [0.25, 0.3) is 0 Å². The third kappa shape index (κ3) is 6.36. The lowest BCUT2D eigenvalue weighted by atomic mass is 10.2. The molecule has 2 rings (SSSR count). The Labute approximate surface area is 177 Å². The van der Waals surface area contributed by atoms with Crippen molar-refractivity contribution >= 4 is 43.0 Å². The van der Waals surface area contributed by atoms with Gasteiger partial charge < -0.3 is 10.1 Å². The van der Waals surface area contributed by atoms with Crippen LogP contribution in [0.1, 0.15) is 6.92 Å². The van der Waals surface area contributed by atoms with Crippen molar-refractivity contribution in [3.8, 4) is 5.75 Å². The number of amides is 1. The van der Waals surface area contributed by atoms with Gasteiger partial charge in [0, 0.05) is 12.7 Å². The number of benzene rings is 2. The third-order valence-corrected chi connectivity index (χ3v) is 6.46. The van der Waals surface area contributed by atoms with Crippen molar-refractivity contribution in [2.75, 3.05) is 46.6 Å². The number of hydrogen-bond donors (Lipinski definition) is 1. The van der Waals surface area contributed by atoms with E-state index in [1.807, 2.05) is 6.92 Å². The largest absolute Gasteiger partial charge is 0.494 e. The van der Waals surface area contributed by atoms with Crippen LogP contribution in [0, 0.1) is 0 Å². The van der Waals surface area contributed by atoms with Gasteiger partial charge in [0.1, 0.15) is 12.3 Å². The summed E-state index contributed by atoms with van der Waals surface area (Å²) in [5.41, 5.74) is 1.02. The van der Waals surface area contributed by atoms with E-state index in [0.29, 0.717) is 29.4 Å². The summed E-state index contributed by atoms with van der Waals surface area (Å²) in [5, 5.41) is 2.60. The highest BCUT2D eigenvalue weighted by Gasteiger charge is 2.21. The van der Waals surface area contributed by atoms with Crippen molar-refractivity contribution in [2.45, 2.75) is 6.92 Å². The lowest BCUT2D eigenvalue weighted by Crippen LogP contribution is -2.37. The highest BCUT2D eigenvalue weighted by Crippen LogP contribution is 2.23. The van der Waals surface area contributed by atoms with Gasteiger partial charge in [0.15, 0.2) is 0 Å². The van der Waals surface area contributed by atoms with Gasteiger partial charge in [-0.25, -0.2) is 16.8 Å². The van der Waals surface area contributed by atoms with Crippen molar-refractivity contribution in [2.24, 2.45) is 0 Å². The predicted octanol–water partition coefficient (Wildman–Crippen LogP) is 1.89. The number of carbonyl (C=O) groups is 1. The second-order valence-electron chi connectivity index (χ2n) is 6.53. The molecule has 11 heteroatoms. The Hall–Kier alpha value is -2.79. The van der Waals surface area contributed by atoms with E-state index in [2.05, 4.69) is 5.32 Å². The first-order valence-electron chi connectivity index (χ1n) is 8.96. The summed E-state index contributed by atoms with van der Waals surface area (Å²) in [6, 6.07) is 12.6. The molecular formula is C19H25N3O6S2. The lowest BCUT2D eigenvalue weighted by Gasteiger charge is -2.22. The highest BCUT2D eigenvalue weighted by atomic mass is 32.2. The van der Waals surface area contributed by atoms with Gasteiger partial charge in [0.2, 0.25) is 26.0 Å². The Bertz CT molecular complexity index is 1100. The number of nitrogens with one attached hydrogen (secondary N) is 1. The Kier molecular flexibility index (Phi) is 7.32. The van der Waals surface area contributed by atoms with Gasteiger partial charge in [-0.1, -0.05) is 6.07 Å². The molecule has 164 valence electrons. The summed E-state index contributed by atoms with van der Waals surface area (Å²) in [6.45, 7) is 1.87. The second kappa shape index (κ2) is 9.35. The molecule has 2 aromatic rings. The van der Waals surface area contributed by atoms with E-state index in [4.69, 9.17) is 4.74 Å². The molecule has 0 aromatic heterocycles. The monoisotopic (exact) mass is 455 g/mol. The first-order valence-corrected chi connectivity index (χ1v) is 12.7. The normalized spacial score (nSPS) is 11.6. The minimum Gasteiger partial charge on any atom is -0.494 e. The molecule has 0 spiro atoms. The average molecular weight is 456 g/mol. The van der Waals surface area contributed by atoms with Crippen molar-refractivity contribution in [1.82, 2.24) is 0 Å². The van der Waals surface area contributed by atoms with Crippen molar-refractivity contribution in [3.63, 3.8) is 0 Å². The highest BCUT2D eigenvalue weighted by molar-refractivity contribution is 7.92. The molecule has 0 aliphatic heterocycles. The van der Waals surface area contributed by atoms with E-state index in [0.717, 1.165) is 21.1 Å². The number of anilines is 3. The minimum atomic E-state index is -3.73. The van der Waals surface area contributed by atoms with Gasteiger partial charge in [-0.15, -0.1) is 0 Å². The van der Waals surface area contributed by atoms with Crippen LogP contribution in [0.25, 0.3) is 0 Å². The summed E-state index contributed by atoms with van der Waals surface area (Å²) in [6.07, 6.45) is 2.08. The summed E-state index contributed by atoms with van der Waals surface area (Å²) in [5.74, 6) is 0.0134. The Morgan fingerprint density at radius 2 is 1.60 bits per heavy atom. The van der Waals surface area contributed by atoms with Crippen molar-refractivity contribution in [1.29, 1.82) is 0 Å². The van der Waals surface area contributed by atoms with Gasteiger partial charge in [-0.2, -0.15) is 0 Å². The molecule has 0 saturated carbocycles. The van der Waals surface area contributed by atoms with Crippen LogP contribution in [-0.2, 0) is 24.8 Å². The molecule has 1 amide bonds. The predicted molar refractivity (Wildman–Crippen MR) is 118 cm³/mol. The van der Waals surface area contributed by atoms with Crippen LogP contribution in [0.2, 0.25) is 0 Å². The van der Waals surface area contributed by atoms with Crippen LogP contribution in [0.15, 0.2) is 48.5 Å². The van der Waals surface area contributed by atoms with Crippen molar-refractivity contribution < 1.29 is 26.4 Å². The maximum absolute atomic E-state index is 12.5. The molecule has 0 saturated heterocycles. The zero-order chi connectivity index (χ0) is 22.5. The zero-order valence-corrected chi connectivity index (χ0v) is 18.8. The number of ether oxygens (including phenoxy) is 1. The maximum Gasteiger partial charge on any atom is 0.245 e. The standard InChI is InChI=1S/C19H25N3O6S2/c1-5-28-18-11-9-16(10-12-18)22(30(4,26)27)14-19(23)20-15-7-6-8-17(13-15)21(2)29(3,24)25/h6-13H,5,14H2,1-4H3,(H,20,23). The first-order chi connectivity index (χ1) is 13.9. The molecule has 0 unspecified atom stereocenters. The second-order valence-corrected chi connectivity index (χ2v) is 10.4. The van der Waals surface area contributed by atoms with E-state index >= 15 is 0 Å². The summed E-state index contributed by atoms with van der Waals surface area (Å²) in [4.78, 5) is 12.5. The summed E-state index contributed by atoms with van der Waals surface area (Å²) < 4.78 is 55.2. The summed E-state index contributed by atoms with van der Waals surface area (Å²) >= 11 is 0. The van der Waals surface area contributed by atoms with E-state index in [1.165, 1.54) is 13.1 Å². The molecule has 2 aromatic carbocycles. The molecular weight excluding hydrogens is 430 g/mol. The van der Waals surface area contributed by atoms with Crippen LogP contribution in [0.3, 0.4) is 0 Å². The number of carbonyl (C=O) groups excluding carboxylic acids is 1. The smallest absolute Gasteiger partial charge is 0.245 e. The quantitative estimate of drug-likeness (QED) is 0.618. The molecule has 30 heavy (non-hydrogen) atoms. The molecule has 0 atom stereocenters. The summed E-state index contributed by atoms with van der Waals surface area (Å²) in [7, 11) is -5.79. The maximum atomic E-state index is 12.5. The van der Waals surface area contributed by atoms with Gasteiger partial charge in [0.05, 0.1) is 30.5 Å². The molecule has 0 heterocycles. The molecule has 9 nitrogen and oxygen atoms in total. The number of rotatable bonds is 9. The molecule has 0 aliphatic carbocycles. The van der Waals surface area contributed by atoms with E-state index in [1.54, 1.807) is 42.5 Å². The Morgan fingerprint density at radius 1 is 0.967 bits per heavy atom. The van der Waals surface area contributed by atoms with E-state index in [-0.39, 0.29) is 0 Å². The fourth-order valence-corrected chi connectivity index (χ4v) is 3.93. The van der Waals surface area contributed by atoms with Crippen molar-refractivity contribution in [3.05, 3.63) is 48.5 Å². The molecule has 1 N–H and O–H groups in total. The van der Waals surface area contributed by atoms with Crippen LogP contribution < -0.4 is 18.7 Å². The zero-order valence-electron chi connectivity index (χ0n) is 17.2. The average Bonchev–Trinajstić information content (AvgIpc) is 2.65. The Balaban J connectivity index is 2.19. The number of nitrogens with zero attached hydrogens (tertiary/aromatic N) is 2. The van der Waals surface area contributed by atoms with Gasteiger partial charge in [-0.3, -0.25) is 13.4 Å². The number of sulfonamides is 2. The third-order valence-electron chi connectivity index (χ3n) is 4.11. The molecule has 0 bridgehead atoms. The SMILES string of the molecule is CCOc1ccc(N(CC(=O)Nc2cccc(N(C)S(C)(=O)=O)c2)S(C)(=O)=O)cc1. The van der Waals surface area contributed by atoms with Gasteiger partial charge >= 0.3 is 0 Å². The minimum absolute atomic E-state index is 0.321. The van der Waals surface area contributed by atoms with Crippen LogP contribution in [-0.4, -0.2) is 55.5 Å². The molecule has 0 fully saturated rings. The van der Waals surface area contributed by atoms with Crippen LogP contribution in [0.4, 0.5) is 17.1 Å². The first kappa shape index (κ1) is 23.5. The van der Waals surface area contributed by atoms with Gasteiger partial charge in [-0.05, 0) is 49.4 Å². The Morgan fingerprint density at radius 3 is 2.13 bits per heavy atom. The van der Waals surface area contributed by atoms with E-state index < -0.39 is 32.5 Å². The fraction of sp³-hybridized carbons (Fsp3) is 0.316. The topological polar surface area (TPSA) is 113 Å². The van der Waals surface area contributed by atoms with E-state index in [9.17, 15) is 21.6 Å². The lowest BCUT2D eigenvalue weighted by molar-refractivity contribution is -0.114. The number of hydrogen-bond acceptors (Lipinski definition) is 6. The van der Waals surface area contributed by atoms with Crippen LogP contribution in [0.5, 0.6) is 5.75 Å². The fourth-order valence-electron chi connectivity index (χ4n) is 2.58. The van der Waals surface area contributed by atoms with Crippen LogP contribution >= 0.6 is 0 Å². The molecule has 0 aliphatic rings. The molecule has 0 radical (unpaired) electrons.